The maximum atomic E-state index is 13.3. The third-order valence-corrected chi connectivity index (χ3v) is 2.88. The number of benzene rings is 1. The van der Waals surface area contributed by atoms with Gasteiger partial charge in [-0.1, -0.05) is 6.07 Å². The fourth-order valence-electron chi connectivity index (χ4n) is 1.91. The molecule has 0 saturated heterocycles. The van der Waals surface area contributed by atoms with Crippen LogP contribution < -0.4 is 10.6 Å². The largest absolute Gasteiger partial charge is 0.330 e. The van der Waals surface area contributed by atoms with Crippen molar-refractivity contribution in [1.82, 2.24) is 9.78 Å². The van der Waals surface area contributed by atoms with Crippen molar-refractivity contribution >= 4 is 11.6 Å². The number of hydrogen-bond acceptors (Lipinski definition) is 3. The number of carbonyl (C=O) groups is 1. The molecule has 0 radical (unpaired) electrons. The van der Waals surface area contributed by atoms with Gasteiger partial charge in [-0.15, -0.1) is 0 Å². The normalized spacial score (nSPS) is 10.6. The van der Waals surface area contributed by atoms with E-state index >= 15 is 0 Å². The first-order chi connectivity index (χ1) is 9.61. The number of aryl methyl sites for hydroxylation is 1. The summed E-state index contributed by atoms with van der Waals surface area (Å²) in [6, 6.07) is 7.58. The van der Waals surface area contributed by atoms with Crippen molar-refractivity contribution in [1.29, 1.82) is 0 Å². The molecule has 106 valence electrons. The molecule has 20 heavy (non-hydrogen) atoms. The second kappa shape index (κ2) is 6.29. The number of aromatic nitrogens is 2. The zero-order valence-corrected chi connectivity index (χ0v) is 11.3. The van der Waals surface area contributed by atoms with E-state index in [0.29, 0.717) is 30.9 Å². The second-order valence-corrected chi connectivity index (χ2v) is 4.45. The van der Waals surface area contributed by atoms with E-state index in [-0.39, 0.29) is 11.7 Å². The minimum atomic E-state index is -0.380. The highest BCUT2D eigenvalue weighted by Gasteiger charge is 2.19. The fraction of sp³-hybridized carbons (Fsp3) is 0.286. The van der Waals surface area contributed by atoms with Gasteiger partial charge in [0.25, 0.3) is 5.91 Å². The van der Waals surface area contributed by atoms with Crippen LogP contribution in [-0.4, -0.2) is 28.8 Å². The van der Waals surface area contributed by atoms with Crippen LogP contribution in [0.3, 0.4) is 0 Å². The summed E-state index contributed by atoms with van der Waals surface area (Å²) in [6.45, 7) is 0.886. The van der Waals surface area contributed by atoms with Gasteiger partial charge in [0.1, 0.15) is 5.82 Å². The molecule has 2 rings (SSSR count). The van der Waals surface area contributed by atoms with E-state index in [1.54, 1.807) is 36.1 Å². The van der Waals surface area contributed by atoms with Gasteiger partial charge in [0.2, 0.25) is 0 Å². The van der Waals surface area contributed by atoms with Crippen molar-refractivity contribution in [3.05, 3.63) is 48.0 Å². The van der Waals surface area contributed by atoms with E-state index in [4.69, 9.17) is 5.73 Å². The lowest BCUT2D eigenvalue weighted by Crippen LogP contribution is -2.33. The third kappa shape index (κ3) is 3.21. The van der Waals surface area contributed by atoms with Crippen molar-refractivity contribution in [3.63, 3.8) is 0 Å². The molecule has 6 heteroatoms. The number of nitrogens with zero attached hydrogens (tertiary/aromatic N) is 3. The lowest BCUT2D eigenvalue weighted by molar-refractivity contribution is 0.0981. The SMILES string of the molecule is Cn1ccc(C(=O)N(CCCN)c2cccc(F)c2)n1. The highest BCUT2D eigenvalue weighted by atomic mass is 19.1. The van der Waals surface area contributed by atoms with Crippen LogP contribution in [0.25, 0.3) is 0 Å². The van der Waals surface area contributed by atoms with Crippen LogP contribution in [0, 0.1) is 5.82 Å². The van der Waals surface area contributed by atoms with Gasteiger partial charge in [-0.05, 0) is 37.2 Å². The Morgan fingerprint density at radius 2 is 2.25 bits per heavy atom. The molecule has 0 atom stereocenters. The Balaban J connectivity index is 2.29. The van der Waals surface area contributed by atoms with E-state index in [1.807, 2.05) is 0 Å². The van der Waals surface area contributed by atoms with Crippen LogP contribution >= 0.6 is 0 Å². The van der Waals surface area contributed by atoms with Crippen molar-refractivity contribution in [2.24, 2.45) is 12.8 Å². The first-order valence-corrected chi connectivity index (χ1v) is 6.39. The molecule has 0 saturated carbocycles. The standard InChI is InChI=1S/C14H17FN4O/c1-18-9-6-13(17-18)14(20)19(8-3-7-16)12-5-2-4-11(15)10-12/h2,4-6,9-10H,3,7-8,16H2,1H3. The van der Waals surface area contributed by atoms with Gasteiger partial charge in [-0.3, -0.25) is 9.48 Å². The van der Waals surface area contributed by atoms with Gasteiger partial charge in [-0.25, -0.2) is 4.39 Å². The van der Waals surface area contributed by atoms with Gasteiger partial charge in [0.15, 0.2) is 5.69 Å². The molecule has 2 aromatic rings. The zero-order chi connectivity index (χ0) is 14.5. The van der Waals surface area contributed by atoms with Crippen molar-refractivity contribution in [3.8, 4) is 0 Å². The van der Waals surface area contributed by atoms with Crippen LogP contribution in [0.2, 0.25) is 0 Å². The molecule has 0 bridgehead atoms. The fourth-order valence-corrected chi connectivity index (χ4v) is 1.91. The number of amides is 1. The lowest BCUT2D eigenvalue weighted by Gasteiger charge is -2.21. The van der Waals surface area contributed by atoms with E-state index < -0.39 is 0 Å². The Labute approximate surface area is 116 Å². The predicted molar refractivity (Wildman–Crippen MR) is 75.0 cm³/mol. The summed E-state index contributed by atoms with van der Waals surface area (Å²) < 4.78 is 14.9. The number of halogens is 1. The van der Waals surface area contributed by atoms with Gasteiger partial charge in [0, 0.05) is 25.5 Å². The Morgan fingerprint density at radius 3 is 2.85 bits per heavy atom. The molecular formula is C14H17FN4O. The van der Waals surface area contributed by atoms with Crippen LogP contribution in [0.15, 0.2) is 36.5 Å². The van der Waals surface area contributed by atoms with Gasteiger partial charge in [-0.2, -0.15) is 5.10 Å². The molecule has 1 aromatic carbocycles. The average Bonchev–Trinajstić information content (AvgIpc) is 2.86. The molecular weight excluding hydrogens is 259 g/mol. The third-order valence-electron chi connectivity index (χ3n) is 2.88. The number of nitrogens with two attached hydrogens (primary N) is 1. The highest BCUT2D eigenvalue weighted by molar-refractivity contribution is 6.04. The van der Waals surface area contributed by atoms with Gasteiger partial charge < -0.3 is 10.6 Å². The summed E-state index contributed by atoms with van der Waals surface area (Å²) in [4.78, 5) is 14.0. The van der Waals surface area contributed by atoms with Gasteiger partial charge in [0.05, 0.1) is 0 Å². The number of anilines is 1. The molecule has 0 aliphatic rings. The topological polar surface area (TPSA) is 64.2 Å². The Bertz CT molecular complexity index is 596. The predicted octanol–water partition coefficient (Wildman–Crippen LogP) is 1.55. The molecule has 0 spiro atoms. The Morgan fingerprint density at radius 1 is 1.45 bits per heavy atom. The minimum absolute atomic E-state index is 0.260. The summed E-state index contributed by atoms with van der Waals surface area (Å²) in [6.07, 6.45) is 2.33. The molecule has 5 nitrogen and oxygen atoms in total. The molecule has 2 N–H and O–H groups in total. The molecule has 1 aromatic heterocycles. The molecule has 0 unspecified atom stereocenters. The first kappa shape index (κ1) is 14.2. The van der Waals surface area contributed by atoms with Crippen LogP contribution in [0.1, 0.15) is 16.9 Å². The van der Waals surface area contributed by atoms with E-state index in [1.165, 1.54) is 17.0 Å². The van der Waals surface area contributed by atoms with Gasteiger partial charge >= 0.3 is 0 Å². The van der Waals surface area contributed by atoms with E-state index in [2.05, 4.69) is 5.10 Å². The minimum Gasteiger partial charge on any atom is -0.330 e. The summed E-state index contributed by atoms with van der Waals surface area (Å²) in [5.74, 6) is -0.640. The number of rotatable bonds is 5. The van der Waals surface area contributed by atoms with Crippen LogP contribution in [0.5, 0.6) is 0 Å². The van der Waals surface area contributed by atoms with E-state index in [9.17, 15) is 9.18 Å². The van der Waals surface area contributed by atoms with Crippen molar-refractivity contribution < 1.29 is 9.18 Å². The summed E-state index contributed by atoms with van der Waals surface area (Å²) in [5.41, 5.74) is 6.33. The summed E-state index contributed by atoms with van der Waals surface area (Å²) in [5, 5.41) is 4.09. The van der Waals surface area contributed by atoms with Crippen LogP contribution in [0.4, 0.5) is 10.1 Å². The molecule has 0 aliphatic heterocycles. The number of hydrogen-bond donors (Lipinski definition) is 1. The maximum Gasteiger partial charge on any atom is 0.278 e. The quantitative estimate of drug-likeness (QED) is 0.901. The Kier molecular flexibility index (Phi) is 4.47. The average molecular weight is 276 g/mol. The van der Waals surface area contributed by atoms with E-state index in [0.717, 1.165) is 0 Å². The second-order valence-electron chi connectivity index (χ2n) is 4.45. The molecule has 0 fully saturated rings. The molecule has 1 amide bonds. The first-order valence-electron chi connectivity index (χ1n) is 6.39. The zero-order valence-electron chi connectivity index (χ0n) is 11.3. The number of carbonyl (C=O) groups excluding carboxylic acids is 1. The smallest absolute Gasteiger partial charge is 0.278 e. The van der Waals surface area contributed by atoms with Crippen molar-refractivity contribution in [2.45, 2.75) is 6.42 Å². The summed E-state index contributed by atoms with van der Waals surface area (Å²) >= 11 is 0. The lowest BCUT2D eigenvalue weighted by atomic mass is 10.2. The monoisotopic (exact) mass is 276 g/mol. The van der Waals surface area contributed by atoms with Crippen molar-refractivity contribution in [2.75, 3.05) is 18.0 Å². The summed E-state index contributed by atoms with van der Waals surface area (Å²) in [7, 11) is 1.74. The molecule has 0 aliphatic carbocycles. The Hall–Kier alpha value is -2.21. The van der Waals surface area contributed by atoms with Crippen LogP contribution in [-0.2, 0) is 7.05 Å². The maximum absolute atomic E-state index is 13.3. The molecule has 1 heterocycles. The highest BCUT2D eigenvalue weighted by Crippen LogP contribution is 2.18.